The van der Waals surface area contributed by atoms with Crippen molar-refractivity contribution in [2.75, 3.05) is 25.4 Å². The van der Waals surface area contributed by atoms with Crippen LogP contribution in [-0.4, -0.2) is 36.4 Å². The van der Waals surface area contributed by atoms with Crippen molar-refractivity contribution < 1.29 is 18.3 Å². The molecule has 0 radical (unpaired) electrons. The Hall–Kier alpha value is -1.85. The minimum absolute atomic E-state index is 0.0755. The smallest absolute Gasteiger partial charge is 0.260 e. The molecule has 1 aromatic rings. The van der Waals surface area contributed by atoms with Crippen LogP contribution in [0, 0.1) is 0 Å². The standard InChI is InChI=1S/C13H16F2N2O2/c14-13(15)4-6-17(7-5-13)12(18)9-19-11-3-1-2-10(16)8-11/h1-3,8H,4-7,9,16H2. The summed E-state index contributed by atoms with van der Waals surface area (Å²) in [6.45, 7) is -0.00668. The largest absolute Gasteiger partial charge is 0.484 e. The zero-order chi connectivity index (χ0) is 13.9. The summed E-state index contributed by atoms with van der Waals surface area (Å²) < 4.78 is 31.2. The Morgan fingerprint density at radius 1 is 1.37 bits per heavy atom. The fourth-order valence-electron chi connectivity index (χ4n) is 1.92. The highest BCUT2D eigenvalue weighted by molar-refractivity contribution is 5.77. The molecule has 1 aromatic carbocycles. The highest BCUT2D eigenvalue weighted by atomic mass is 19.3. The number of nitrogen functional groups attached to an aromatic ring is 1. The Bertz CT molecular complexity index is 456. The summed E-state index contributed by atoms with van der Waals surface area (Å²) in [5.41, 5.74) is 6.12. The van der Waals surface area contributed by atoms with Crippen LogP contribution in [0.15, 0.2) is 24.3 Å². The van der Waals surface area contributed by atoms with Gasteiger partial charge in [0.2, 0.25) is 0 Å². The van der Waals surface area contributed by atoms with Crippen molar-refractivity contribution in [1.29, 1.82) is 0 Å². The molecular formula is C13H16F2N2O2. The fourth-order valence-corrected chi connectivity index (χ4v) is 1.92. The molecule has 0 bridgehead atoms. The third kappa shape index (κ3) is 3.81. The van der Waals surface area contributed by atoms with E-state index in [1.54, 1.807) is 24.3 Å². The summed E-state index contributed by atoms with van der Waals surface area (Å²) in [5.74, 6) is -2.43. The lowest BCUT2D eigenvalue weighted by Crippen LogP contribution is -2.44. The molecule has 19 heavy (non-hydrogen) atoms. The first-order valence-electron chi connectivity index (χ1n) is 6.10. The van der Waals surface area contributed by atoms with E-state index in [2.05, 4.69) is 0 Å². The molecule has 0 unspecified atom stereocenters. The molecule has 0 spiro atoms. The molecule has 4 nitrogen and oxygen atoms in total. The first-order chi connectivity index (χ1) is 8.96. The van der Waals surface area contributed by atoms with Crippen LogP contribution < -0.4 is 10.5 Å². The van der Waals surface area contributed by atoms with Gasteiger partial charge in [-0.25, -0.2) is 8.78 Å². The van der Waals surface area contributed by atoms with Gasteiger partial charge in [-0.05, 0) is 12.1 Å². The number of piperidine rings is 1. The van der Waals surface area contributed by atoms with Crippen LogP contribution in [0.2, 0.25) is 0 Å². The van der Waals surface area contributed by atoms with E-state index in [4.69, 9.17) is 10.5 Å². The molecule has 1 aliphatic rings. The number of nitrogens with zero attached hydrogens (tertiary/aromatic N) is 1. The normalized spacial score (nSPS) is 18.1. The quantitative estimate of drug-likeness (QED) is 0.853. The van der Waals surface area contributed by atoms with Gasteiger partial charge in [0.05, 0.1) is 0 Å². The van der Waals surface area contributed by atoms with Crippen LogP contribution in [0.1, 0.15) is 12.8 Å². The average molecular weight is 270 g/mol. The molecule has 1 aliphatic heterocycles. The van der Waals surface area contributed by atoms with Crippen molar-refractivity contribution in [3.63, 3.8) is 0 Å². The zero-order valence-electron chi connectivity index (χ0n) is 10.4. The first-order valence-corrected chi connectivity index (χ1v) is 6.10. The molecule has 0 aliphatic carbocycles. The van der Waals surface area contributed by atoms with E-state index in [-0.39, 0.29) is 38.4 Å². The lowest BCUT2D eigenvalue weighted by atomic mass is 10.1. The van der Waals surface area contributed by atoms with Crippen LogP contribution in [0.4, 0.5) is 14.5 Å². The summed E-state index contributed by atoms with van der Waals surface area (Å²) in [5, 5.41) is 0. The molecule has 0 aromatic heterocycles. The summed E-state index contributed by atoms with van der Waals surface area (Å²) in [6.07, 6.45) is -0.561. The van der Waals surface area contributed by atoms with E-state index < -0.39 is 5.92 Å². The maximum atomic E-state index is 13.0. The molecule has 104 valence electrons. The van der Waals surface area contributed by atoms with Crippen molar-refractivity contribution in [2.24, 2.45) is 0 Å². The second-order valence-corrected chi connectivity index (χ2v) is 4.60. The van der Waals surface area contributed by atoms with Gasteiger partial charge in [-0.2, -0.15) is 0 Å². The second kappa shape index (κ2) is 5.42. The summed E-state index contributed by atoms with van der Waals surface area (Å²) in [6, 6.07) is 6.73. The minimum atomic E-state index is -2.65. The van der Waals surface area contributed by atoms with Crippen molar-refractivity contribution in [3.05, 3.63) is 24.3 Å². The topological polar surface area (TPSA) is 55.6 Å². The fraction of sp³-hybridized carbons (Fsp3) is 0.462. The minimum Gasteiger partial charge on any atom is -0.484 e. The van der Waals surface area contributed by atoms with Crippen LogP contribution >= 0.6 is 0 Å². The van der Waals surface area contributed by atoms with E-state index in [1.807, 2.05) is 0 Å². The van der Waals surface area contributed by atoms with E-state index in [0.717, 1.165) is 0 Å². The van der Waals surface area contributed by atoms with Gasteiger partial charge in [0.1, 0.15) is 5.75 Å². The molecule has 1 fully saturated rings. The summed E-state index contributed by atoms with van der Waals surface area (Å²) in [4.78, 5) is 13.2. The van der Waals surface area contributed by atoms with Crippen LogP contribution in [-0.2, 0) is 4.79 Å². The zero-order valence-corrected chi connectivity index (χ0v) is 10.4. The Balaban J connectivity index is 1.82. The molecule has 2 rings (SSSR count). The van der Waals surface area contributed by atoms with E-state index in [9.17, 15) is 13.6 Å². The Kier molecular flexibility index (Phi) is 3.87. The summed E-state index contributed by atoms with van der Waals surface area (Å²) >= 11 is 0. The molecule has 6 heteroatoms. The van der Waals surface area contributed by atoms with Gasteiger partial charge in [0.15, 0.2) is 6.61 Å². The molecule has 0 saturated carbocycles. The number of halogens is 2. The van der Waals surface area contributed by atoms with Gasteiger partial charge in [-0.15, -0.1) is 0 Å². The van der Waals surface area contributed by atoms with E-state index >= 15 is 0 Å². The molecule has 2 N–H and O–H groups in total. The number of ether oxygens (including phenoxy) is 1. The number of carbonyl (C=O) groups is 1. The van der Waals surface area contributed by atoms with Crippen molar-refractivity contribution in [3.8, 4) is 5.75 Å². The molecule has 1 amide bonds. The van der Waals surface area contributed by atoms with Crippen LogP contribution in [0.5, 0.6) is 5.75 Å². The Morgan fingerprint density at radius 2 is 2.05 bits per heavy atom. The maximum absolute atomic E-state index is 13.0. The predicted octanol–water partition coefficient (Wildman–Crippen LogP) is 1.91. The van der Waals surface area contributed by atoms with Gasteiger partial charge in [0.25, 0.3) is 11.8 Å². The van der Waals surface area contributed by atoms with E-state index in [1.165, 1.54) is 4.90 Å². The van der Waals surface area contributed by atoms with Gasteiger partial charge in [-0.1, -0.05) is 6.07 Å². The van der Waals surface area contributed by atoms with Gasteiger partial charge < -0.3 is 15.4 Å². The SMILES string of the molecule is Nc1cccc(OCC(=O)N2CCC(F)(F)CC2)c1. The van der Waals surface area contributed by atoms with Gasteiger partial charge in [0, 0.05) is 37.7 Å². The first kappa shape index (κ1) is 13.6. The molecular weight excluding hydrogens is 254 g/mol. The lowest BCUT2D eigenvalue weighted by molar-refractivity contribution is -0.139. The highest BCUT2D eigenvalue weighted by Gasteiger charge is 2.35. The average Bonchev–Trinajstić information content (AvgIpc) is 2.36. The number of rotatable bonds is 3. The number of anilines is 1. The maximum Gasteiger partial charge on any atom is 0.260 e. The number of likely N-dealkylation sites (tertiary alicyclic amines) is 1. The molecule has 1 saturated heterocycles. The number of nitrogens with two attached hydrogens (primary N) is 1. The number of carbonyl (C=O) groups excluding carboxylic acids is 1. The molecule has 1 heterocycles. The van der Waals surface area contributed by atoms with E-state index in [0.29, 0.717) is 11.4 Å². The van der Waals surface area contributed by atoms with Crippen LogP contribution in [0.25, 0.3) is 0 Å². The Labute approximate surface area is 110 Å². The Morgan fingerprint density at radius 3 is 2.68 bits per heavy atom. The van der Waals surface area contributed by atoms with Gasteiger partial charge in [-0.3, -0.25) is 4.79 Å². The van der Waals surface area contributed by atoms with Crippen molar-refractivity contribution in [1.82, 2.24) is 4.90 Å². The number of amides is 1. The monoisotopic (exact) mass is 270 g/mol. The number of alkyl halides is 2. The lowest BCUT2D eigenvalue weighted by Gasteiger charge is -2.31. The van der Waals surface area contributed by atoms with Crippen LogP contribution in [0.3, 0.4) is 0 Å². The van der Waals surface area contributed by atoms with Gasteiger partial charge >= 0.3 is 0 Å². The number of hydrogen-bond donors (Lipinski definition) is 1. The third-order valence-corrected chi connectivity index (χ3v) is 3.07. The number of hydrogen-bond acceptors (Lipinski definition) is 3. The predicted molar refractivity (Wildman–Crippen MR) is 67.1 cm³/mol. The number of benzene rings is 1. The summed E-state index contributed by atoms with van der Waals surface area (Å²) in [7, 11) is 0. The van der Waals surface area contributed by atoms with Crippen molar-refractivity contribution in [2.45, 2.75) is 18.8 Å². The van der Waals surface area contributed by atoms with Crippen molar-refractivity contribution >= 4 is 11.6 Å². The third-order valence-electron chi connectivity index (χ3n) is 3.07. The second-order valence-electron chi connectivity index (χ2n) is 4.60. The highest BCUT2D eigenvalue weighted by Crippen LogP contribution is 2.27. The molecule has 0 atom stereocenters.